The Morgan fingerprint density at radius 2 is 1.75 bits per heavy atom. The normalized spacial score (nSPS) is 16.7. The van der Waals surface area contributed by atoms with Gasteiger partial charge in [0.1, 0.15) is 11.7 Å². The predicted molar refractivity (Wildman–Crippen MR) is 90.7 cm³/mol. The van der Waals surface area contributed by atoms with Gasteiger partial charge in [-0.3, -0.25) is 4.89 Å². The molecule has 1 aromatic rings. The van der Waals surface area contributed by atoms with E-state index in [1.807, 2.05) is 0 Å². The van der Waals surface area contributed by atoms with Crippen molar-refractivity contribution >= 4 is 5.97 Å². The fourth-order valence-electron chi connectivity index (χ4n) is 3.08. The lowest BCUT2D eigenvalue weighted by Gasteiger charge is -2.35. The number of para-hydroxylation sites is 1. The van der Waals surface area contributed by atoms with Crippen LogP contribution >= 0.6 is 0 Å². The zero-order chi connectivity index (χ0) is 17.7. The van der Waals surface area contributed by atoms with Crippen molar-refractivity contribution in [3.05, 3.63) is 29.9 Å². The largest absolute Gasteiger partial charge is 0.493 e. The van der Waals surface area contributed by atoms with E-state index in [0.717, 1.165) is 31.8 Å². The van der Waals surface area contributed by atoms with Crippen molar-refractivity contribution in [3.63, 3.8) is 0 Å². The molecule has 0 unspecified atom stereocenters. The lowest BCUT2D eigenvalue weighted by molar-refractivity contribution is -0.241. The first-order valence-corrected chi connectivity index (χ1v) is 8.31. The molecular weight excluding hydrogens is 308 g/mol. The van der Waals surface area contributed by atoms with Gasteiger partial charge < -0.3 is 9.47 Å². The van der Waals surface area contributed by atoms with E-state index in [1.165, 1.54) is 14.2 Å². The number of rotatable bonds is 5. The smallest absolute Gasteiger partial charge is 0.376 e. The Balaban J connectivity index is 1.91. The molecule has 0 atom stereocenters. The highest BCUT2D eigenvalue weighted by Gasteiger charge is 2.32. The second-order valence-corrected chi connectivity index (χ2v) is 7.17. The molecule has 0 amide bonds. The SMILES string of the molecule is COc1cccc(C(=O)OO[C]2CCC(C(C)(C)C)CC2)c1OC. The van der Waals surface area contributed by atoms with Gasteiger partial charge in [0.25, 0.3) is 0 Å². The van der Waals surface area contributed by atoms with Crippen molar-refractivity contribution in [1.82, 2.24) is 0 Å². The minimum Gasteiger partial charge on any atom is -0.493 e. The van der Waals surface area contributed by atoms with Crippen LogP contribution in [-0.2, 0) is 9.78 Å². The van der Waals surface area contributed by atoms with E-state index in [0.29, 0.717) is 22.8 Å². The van der Waals surface area contributed by atoms with Gasteiger partial charge in [-0.05, 0) is 49.1 Å². The average molecular weight is 335 g/mol. The molecule has 0 aliphatic heterocycles. The molecule has 24 heavy (non-hydrogen) atoms. The van der Waals surface area contributed by atoms with E-state index < -0.39 is 5.97 Å². The number of hydrogen-bond donors (Lipinski definition) is 0. The molecular formula is C19H27O5. The van der Waals surface area contributed by atoms with Crippen LogP contribution in [-0.4, -0.2) is 20.2 Å². The fourth-order valence-corrected chi connectivity index (χ4v) is 3.08. The summed E-state index contributed by atoms with van der Waals surface area (Å²) < 4.78 is 10.4. The first-order valence-electron chi connectivity index (χ1n) is 8.31. The molecule has 0 bridgehead atoms. The summed E-state index contributed by atoms with van der Waals surface area (Å²) in [5, 5.41) is 0. The Hall–Kier alpha value is -1.75. The first-order chi connectivity index (χ1) is 11.4. The Bertz CT molecular complexity index is 553. The number of ether oxygens (including phenoxy) is 2. The maximum atomic E-state index is 12.3. The molecule has 0 aromatic heterocycles. The highest BCUT2D eigenvalue weighted by molar-refractivity contribution is 5.93. The lowest BCUT2D eigenvalue weighted by Crippen LogP contribution is -2.26. The molecule has 5 heteroatoms. The van der Waals surface area contributed by atoms with Gasteiger partial charge in [-0.2, -0.15) is 4.89 Å². The third-order valence-electron chi connectivity index (χ3n) is 4.63. The van der Waals surface area contributed by atoms with Crippen LogP contribution in [0.2, 0.25) is 0 Å². The van der Waals surface area contributed by atoms with Crippen molar-refractivity contribution in [1.29, 1.82) is 0 Å². The van der Waals surface area contributed by atoms with Crippen LogP contribution in [0.5, 0.6) is 11.5 Å². The number of methoxy groups -OCH3 is 2. The number of benzene rings is 1. The van der Waals surface area contributed by atoms with Crippen molar-refractivity contribution in [2.24, 2.45) is 11.3 Å². The third-order valence-corrected chi connectivity index (χ3v) is 4.63. The molecule has 1 radical (unpaired) electrons. The van der Waals surface area contributed by atoms with Gasteiger partial charge in [0.2, 0.25) is 0 Å². The average Bonchev–Trinajstić information content (AvgIpc) is 2.58. The van der Waals surface area contributed by atoms with Crippen LogP contribution in [0.15, 0.2) is 18.2 Å². The van der Waals surface area contributed by atoms with Crippen LogP contribution in [0.4, 0.5) is 0 Å². The van der Waals surface area contributed by atoms with Crippen LogP contribution in [0, 0.1) is 17.4 Å². The molecule has 133 valence electrons. The number of carbonyl (C=O) groups is 1. The third kappa shape index (κ3) is 4.41. The van der Waals surface area contributed by atoms with Crippen LogP contribution in [0.25, 0.3) is 0 Å². The quantitative estimate of drug-likeness (QED) is 0.583. The Morgan fingerprint density at radius 3 is 2.29 bits per heavy atom. The standard InChI is InChI=1S/C19H27O5/c1-19(2,3)13-9-11-14(12-10-13)23-24-18(20)15-7-6-8-16(21-4)17(15)22-5/h6-8,13H,9-12H2,1-5H3. The van der Waals surface area contributed by atoms with Crippen LogP contribution in [0.3, 0.4) is 0 Å². The molecule has 1 fully saturated rings. The van der Waals surface area contributed by atoms with Crippen LogP contribution in [0.1, 0.15) is 56.8 Å². The minimum absolute atomic E-state index is 0.279. The highest BCUT2D eigenvalue weighted by atomic mass is 17.2. The predicted octanol–water partition coefficient (Wildman–Crippen LogP) is 4.56. The first kappa shape index (κ1) is 18.6. The summed E-state index contributed by atoms with van der Waals surface area (Å²) in [6.07, 6.45) is 4.58. The van der Waals surface area contributed by atoms with Gasteiger partial charge in [-0.25, -0.2) is 4.79 Å². The summed E-state index contributed by atoms with van der Waals surface area (Å²) in [6.45, 7) is 6.79. The van der Waals surface area contributed by atoms with E-state index in [-0.39, 0.29) is 5.56 Å². The molecule has 0 heterocycles. The molecule has 5 nitrogen and oxygen atoms in total. The Kier molecular flexibility index (Phi) is 6.10. The maximum absolute atomic E-state index is 12.3. The molecule has 1 aliphatic carbocycles. The molecule has 0 saturated heterocycles. The molecule has 1 aliphatic rings. The highest BCUT2D eigenvalue weighted by Crippen LogP contribution is 2.41. The molecule has 1 aromatic carbocycles. The summed E-state index contributed by atoms with van der Waals surface area (Å²) in [6, 6.07) is 5.05. The van der Waals surface area contributed by atoms with E-state index >= 15 is 0 Å². The summed E-state index contributed by atoms with van der Waals surface area (Å²) in [4.78, 5) is 22.6. The van der Waals surface area contributed by atoms with Crippen molar-refractivity contribution < 1.29 is 24.0 Å². The molecule has 2 rings (SSSR count). The van der Waals surface area contributed by atoms with E-state index in [9.17, 15) is 4.79 Å². The maximum Gasteiger partial charge on any atom is 0.376 e. The minimum atomic E-state index is -0.587. The van der Waals surface area contributed by atoms with Crippen molar-refractivity contribution in [2.45, 2.75) is 46.5 Å². The van der Waals surface area contributed by atoms with Gasteiger partial charge in [0, 0.05) is 0 Å². The van der Waals surface area contributed by atoms with Gasteiger partial charge >= 0.3 is 5.97 Å². The monoisotopic (exact) mass is 335 g/mol. The zero-order valence-corrected chi connectivity index (χ0v) is 15.2. The van der Waals surface area contributed by atoms with Crippen molar-refractivity contribution in [2.75, 3.05) is 14.2 Å². The van der Waals surface area contributed by atoms with E-state index in [1.54, 1.807) is 18.2 Å². The number of hydrogen-bond acceptors (Lipinski definition) is 5. The topological polar surface area (TPSA) is 54.0 Å². The molecule has 0 N–H and O–H groups in total. The van der Waals surface area contributed by atoms with E-state index in [2.05, 4.69) is 20.8 Å². The number of carbonyl (C=O) groups excluding carboxylic acids is 1. The second kappa shape index (κ2) is 7.88. The van der Waals surface area contributed by atoms with Gasteiger partial charge in [-0.1, -0.05) is 26.8 Å². The van der Waals surface area contributed by atoms with Gasteiger partial charge in [0.15, 0.2) is 11.5 Å². The lowest BCUT2D eigenvalue weighted by atomic mass is 9.72. The summed E-state index contributed by atoms with van der Waals surface area (Å²) >= 11 is 0. The second-order valence-electron chi connectivity index (χ2n) is 7.17. The Labute approximate surface area is 144 Å². The van der Waals surface area contributed by atoms with E-state index in [4.69, 9.17) is 19.2 Å². The van der Waals surface area contributed by atoms with Gasteiger partial charge in [0.05, 0.1) is 14.2 Å². The molecule has 0 spiro atoms. The van der Waals surface area contributed by atoms with Gasteiger partial charge in [-0.15, -0.1) is 0 Å². The summed E-state index contributed by atoms with van der Waals surface area (Å²) in [5.74, 6) is 0.899. The summed E-state index contributed by atoms with van der Waals surface area (Å²) in [5.41, 5.74) is 0.580. The summed E-state index contributed by atoms with van der Waals surface area (Å²) in [7, 11) is 3.00. The molecule has 1 saturated carbocycles. The fraction of sp³-hybridized carbons (Fsp3) is 0.579. The Morgan fingerprint density at radius 1 is 1.08 bits per heavy atom. The zero-order valence-electron chi connectivity index (χ0n) is 15.2. The van der Waals surface area contributed by atoms with Crippen LogP contribution < -0.4 is 9.47 Å². The van der Waals surface area contributed by atoms with Crippen molar-refractivity contribution in [3.8, 4) is 11.5 Å².